The fourth-order valence-electron chi connectivity index (χ4n) is 2.21. The van der Waals surface area contributed by atoms with Crippen LogP contribution in [0.15, 0.2) is 6.07 Å². The van der Waals surface area contributed by atoms with E-state index in [-0.39, 0.29) is 5.54 Å². The van der Waals surface area contributed by atoms with Gasteiger partial charge in [0.15, 0.2) is 0 Å². The van der Waals surface area contributed by atoms with E-state index in [1.807, 2.05) is 13.8 Å². The fraction of sp³-hybridized carbons (Fsp3) is 0.545. The third-order valence-corrected chi connectivity index (χ3v) is 3.17. The summed E-state index contributed by atoms with van der Waals surface area (Å²) in [5.74, 6) is -0.825. The summed E-state index contributed by atoms with van der Waals surface area (Å²) in [5.41, 5.74) is 2.56. The van der Waals surface area contributed by atoms with E-state index in [1.54, 1.807) is 6.07 Å². The number of hydrogen-bond acceptors (Lipinski definition) is 1. The van der Waals surface area contributed by atoms with Crippen molar-refractivity contribution in [3.05, 3.63) is 23.0 Å². The van der Waals surface area contributed by atoms with Crippen LogP contribution in [0.1, 0.15) is 41.5 Å². The van der Waals surface area contributed by atoms with E-state index in [4.69, 9.17) is 5.11 Å². The molecule has 76 valence electrons. The van der Waals surface area contributed by atoms with Crippen molar-refractivity contribution in [2.45, 2.75) is 39.2 Å². The third kappa shape index (κ3) is 1.15. The molecule has 0 aliphatic heterocycles. The summed E-state index contributed by atoms with van der Waals surface area (Å²) in [5, 5.41) is 8.98. The Balaban J connectivity index is 2.56. The van der Waals surface area contributed by atoms with Gasteiger partial charge in [-0.15, -0.1) is 0 Å². The number of carboxylic acids is 1. The van der Waals surface area contributed by atoms with Gasteiger partial charge in [-0.1, -0.05) is 0 Å². The van der Waals surface area contributed by atoms with Crippen molar-refractivity contribution in [1.29, 1.82) is 0 Å². The molecule has 1 aliphatic rings. The summed E-state index contributed by atoms with van der Waals surface area (Å²) in [4.78, 5) is 10.9. The fourth-order valence-corrected chi connectivity index (χ4v) is 2.21. The minimum absolute atomic E-state index is 0.182. The lowest BCUT2D eigenvalue weighted by molar-refractivity contribution is 0.0696. The maximum absolute atomic E-state index is 10.9. The van der Waals surface area contributed by atoms with Gasteiger partial charge >= 0.3 is 5.97 Å². The monoisotopic (exact) mass is 193 g/mol. The maximum atomic E-state index is 10.9. The Bertz CT molecular complexity index is 400. The number of carboxylic acid groups (broad SMARTS) is 1. The van der Waals surface area contributed by atoms with Gasteiger partial charge in [-0.05, 0) is 39.7 Å². The van der Waals surface area contributed by atoms with Crippen LogP contribution in [-0.4, -0.2) is 15.6 Å². The van der Waals surface area contributed by atoms with Gasteiger partial charge in [0.25, 0.3) is 0 Å². The van der Waals surface area contributed by atoms with Gasteiger partial charge in [0.2, 0.25) is 0 Å². The second-order valence-electron chi connectivity index (χ2n) is 4.42. The first kappa shape index (κ1) is 9.31. The molecule has 1 aromatic heterocycles. The first-order valence-corrected chi connectivity index (χ1v) is 4.88. The Hall–Kier alpha value is -1.25. The molecule has 0 atom stereocenters. The Morgan fingerprint density at radius 2 is 2.07 bits per heavy atom. The highest BCUT2D eigenvalue weighted by Crippen LogP contribution is 2.45. The zero-order valence-corrected chi connectivity index (χ0v) is 8.79. The van der Waals surface area contributed by atoms with Crippen molar-refractivity contribution >= 4 is 5.97 Å². The number of aryl methyl sites for hydroxylation is 1. The zero-order chi connectivity index (χ0) is 10.5. The molecule has 1 heterocycles. The smallest absolute Gasteiger partial charge is 0.337 e. The average molecular weight is 193 g/mol. The zero-order valence-electron chi connectivity index (χ0n) is 8.79. The largest absolute Gasteiger partial charge is 0.478 e. The van der Waals surface area contributed by atoms with E-state index < -0.39 is 5.97 Å². The van der Waals surface area contributed by atoms with Crippen molar-refractivity contribution in [3.63, 3.8) is 0 Å². The molecule has 14 heavy (non-hydrogen) atoms. The van der Waals surface area contributed by atoms with E-state index in [1.165, 1.54) is 0 Å². The Kier molecular flexibility index (Phi) is 1.74. The van der Waals surface area contributed by atoms with E-state index in [0.29, 0.717) is 5.56 Å². The molecule has 0 spiro atoms. The summed E-state index contributed by atoms with van der Waals surface area (Å²) < 4.78 is 2.16. The van der Waals surface area contributed by atoms with Gasteiger partial charge in [-0.3, -0.25) is 0 Å². The maximum Gasteiger partial charge on any atom is 0.337 e. The summed E-state index contributed by atoms with van der Waals surface area (Å²) >= 11 is 0. The van der Waals surface area contributed by atoms with Crippen molar-refractivity contribution in [2.24, 2.45) is 0 Å². The van der Waals surface area contributed by atoms with Crippen LogP contribution in [0.2, 0.25) is 0 Å². The Morgan fingerprint density at radius 1 is 1.50 bits per heavy atom. The van der Waals surface area contributed by atoms with Crippen LogP contribution < -0.4 is 0 Å². The van der Waals surface area contributed by atoms with Gasteiger partial charge in [-0.2, -0.15) is 0 Å². The minimum Gasteiger partial charge on any atom is -0.478 e. The molecular weight excluding hydrogens is 178 g/mol. The quantitative estimate of drug-likeness (QED) is 0.783. The Morgan fingerprint density at radius 3 is 2.43 bits per heavy atom. The third-order valence-electron chi connectivity index (χ3n) is 3.17. The van der Waals surface area contributed by atoms with Crippen molar-refractivity contribution in [2.75, 3.05) is 0 Å². The van der Waals surface area contributed by atoms with Crippen LogP contribution in [-0.2, 0) is 5.54 Å². The predicted octanol–water partition coefficient (Wildman–Crippen LogP) is 2.31. The van der Waals surface area contributed by atoms with Crippen LogP contribution in [0.25, 0.3) is 0 Å². The number of hydrogen-bond donors (Lipinski definition) is 1. The molecule has 3 nitrogen and oxygen atoms in total. The predicted molar refractivity (Wildman–Crippen MR) is 53.7 cm³/mol. The highest BCUT2D eigenvalue weighted by atomic mass is 16.4. The van der Waals surface area contributed by atoms with Crippen LogP contribution in [0.4, 0.5) is 0 Å². The molecule has 2 rings (SSSR count). The summed E-state index contributed by atoms with van der Waals surface area (Å²) in [6.45, 7) is 6.04. The van der Waals surface area contributed by atoms with Gasteiger partial charge in [0, 0.05) is 16.9 Å². The van der Waals surface area contributed by atoms with Gasteiger partial charge in [0.05, 0.1) is 5.56 Å². The Labute approximate surface area is 83.4 Å². The lowest BCUT2D eigenvalue weighted by Crippen LogP contribution is -2.16. The molecule has 0 radical (unpaired) electrons. The lowest BCUT2D eigenvalue weighted by Gasteiger charge is -2.16. The van der Waals surface area contributed by atoms with E-state index in [0.717, 1.165) is 24.2 Å². The summed E-state index contributed by atoms with van der Waals surface area (Å²) in [7, 11) is 0. The second-order valence-corrected chi connectivity index (χ2v) is 4.42. The molecule has 0 bridgehead atoms. The molecule has 1 aromatic rings. The molecule has 1 N–H and O–H groups in total. The highest BCUT2D eigenvalue weighted by molar-refractivity contribution is 5.89. The van der Waals surface area contributed by atoms with Crippen LogP contribution in [0, 0.1) is 13.8 Å². The number of aromatic nitrogens is 1. The number of aromatic carboxylic acids is 1. The first-order valence-electron chi connectivity index (χ1n) is 4.88. The van der Waals surface area contributed by atoms with Crippen molar-refractivity contribution in [1.82, 2.24) is 4.57 Å². The standard InChI is InChI=1S/C11H15NO2/c1-7-6-9(10(13)14)8(2)12(7)11(3)4-5-11/h6H,4-5H2,1-3H3,(H,13,14). The lowest BCUT2D eigenvalue weighted by atomic mass is 10.2. The van der Waals surface area contributed by atoms with Crippen molar-refractivity contribution < 1.29 is 9.90 Å². The SMILES string of the molecule is Cc1cc(C(=O)O)c(C)n1C1(C)CC1. The molecular formula is C11H15NO2. The molecule has 0 saturated heterocycles. The number of nitrogens with zero attached hydrogens (tertiary/aromatic N) is 1. The van der Waals surface area contributed by atoms with Crippen LogP contribution in [0.5, 0.6) is 0 Å². The molecule has 1 fully saturated rings. The first-order chi connectivity index (χ1) is 6.46. The normalized spacial score (nSPS) is 18.2. The molecule has 1 aliphatic carbocycles. The van der Waals surface area contributed by atoms with Gasteiger partial charge in [0.1, 0.15) is 0 Å². The van der Waals surface area contributed by atoms with Crippen LogP contribution in [0.3, 0.4) is 0 Å². The van der Waals surface area contributed by atoms with Gasteiger partial charge in [-0.25, -0.2) is 4.79 Å². The van der Waals surface area contributed by atoms with E-state index >= 15 is 0 Å². The molecule has 0 unspecified atom stereocenters. The molecule has 0 aromatic carbocycles. The van der Waals surface area contributed by atoms with Crippen molar-refractivity contribution in [3.8, 4) is 0 Å². The topological polar surface area (TPSA) is 42.2 Å². The number of carbonyl (C=O) groups is 1. The molecule has 1 saturated carbocycles. The van der Waals surface area contributed by atoms with Gasteiger partial charge < -0.3 is 9.67 Å². The highest BCUT2D eigenvalue weighted by Gasteiger charge is 2.41. The summed E-state index contributed by atoms with van der Waals surface area (Å²) in [6, 6.07) is 1.77. The second kappa shape index (κ2) is 2.62. The number of rotatable bonds is 2. The molecule has 0 amide bonds. The van der Waals surface area contributed by atoms with E-state index in [9.17, 15) is 4.79 Å². The molecule has 3 heteroatoms. The minimum atomic E-state index is -0.825. The average Bonchev–Trinajstić information content (AvgIpc) is 2.71. The van der Waals surface area contributed by atoms with Crippen LogP contribution >= 0.6 is 0 Å². The summed E-state index contributed by atoms with van der Waals surface area (Å²) in [6.07, 6.45) is 2.31. The van der Waals surface area contributed by atoms with E-state index in [2.05, 4.69) is 11.5 Å².